The number of hydrogen-bond donors (Lipinski definition) is 0. The summed E-state index contributed by atoms with van der Waals surface area (Å²) in [4.78, 5) is 0. The van der Waals surface area contributed by atoms with Crippen LogP contribution in [0, 0.1) is 0 Å². The Balaban J connectivity index is 2.59. The van der Waals surface area contributed by atoms with Gasteiger partial charge >= 0.3 is 0 Å². The Bertz CT molecular complexity index is 241. The summed E-state index contributed by atoms with van der Waals surface area (Å²) in [6, 6.07) is 8.73. The molecule has 0 saturated heterocycles. The van der Waals surface area contributed by atoms with Gasteiger partial charge in [0.25, 0.3) is 0 Å². The monoisotopic (exact) mass is 168 g/mol. The zero-order valence-corrected chi connectivity index (χ0v) is 6.58. The normalized spacial score (nSPS) is 13.5. The molecule has 0 aliphatic heterocycles. The largest absolute Gasteiger partial charge is 0.242 e. The van der Waals surface area contributed by atoms with Gasteiger partial charge in [0, 0.05) is 6.42 Å². The minimum atomic E-state index is -1.10. The molecule has 0 spiro atoms. The summed E-state index contributed by atoms with van der Waals surface area (Å²) in [5.41, 5.74) is 0.593. The average Bonchev–Trinajstić information content (AvgIpc) is 2.15. The summed E-state index contributed by atoms with van der Waals surface area (Å²) in [7, 11) is 0. The average molecular weight is 168 g/mol. The van der Waals surface area contributed by atoms with Crippen molar-refractivity contribution >= 4 is 0 Å². The lowest BCUT2D eigenvalue weighted by atomic mass is 10.1. The van der Waals surface area contributed by atoms with Gasteiger partial charge in [0.05, 0.1) is 6.33 Å². The van der Waals surface area contributed by atoms with Crippen molar-refractivity contribution in [1.82, 2.24) is 0 Å². The molecule has 0 bridgehead atoms. The van der Waals surface area contributed by atoms with Crippen LogP contribution in [0.4, 0.5) is 8.78 Å². The molecule has 0 nitrogen and oxygen atoms in total. The summed E-state index contributed by atoms with van der Waals surface area (Å²) < 4.78 is 24.6. The second kappa shape index (κ2) is 4.65. The molecule has 0 fully saturated rings. The van der Waals surface area contributed by atoms with Gasteiger partial charge in [-0.25, -0.2) is 8.78 Å². The Hall–Kier alpha value is -1.18. The van der Waals surface area contributed by atoms with Crippen molar-refractivity contribution in [3.05, 3.63) is 48.3 Å². The maximum absolute atomic E-state index is 13.1. The first-order valence-electron chi connectivity index (χ1n) is 3.79. The second-order valence-electron chi connectivity index (χ2n) is 2.48. The molecule has 0 aliphatic rings. The van der Waals surface area contributed by atoms with Crippen molar-refractivity contribution in [2.45, 2.75) is 12.6 Å². The lowest BCUT2D eigenvalue weighted by Crippen LogP contribution is -1.88. The summed E-state index contributed by atoms with van der Waals surface area (Å²) in [6.45, 7) is 0. The molecule has 0 heterocycles. The standard InChI is InChI=1S/C10H10F2/c11-8-4-7-10(12)9-5-2-1-3-6-9/h1-6,8,10H,7H2/b8-4+. The van der Waals surface area contributed by atoms with Gasteiger partial charge < -0.3 is 0 Å². The zero-order chi connectivity index (χ0) is 8.81. The summed E-state index contributed by atoms with van der Waals surface area (Å²) in [6.07, 6.45) is 0.548. The van der Waals surface area contributed by atoms with E-state index in [1.165, 1.54) is 6.08 Å². The van der Waals surface area contributed by atoms with Crippen molar-refractivity contribution < 1.29 is 8.78 Å². The highest BCUT2D eigenvalue weighted by Gasteiger charge is 2.05. The Morgan fingerprint density at radius 1 is 1.25 bits per heavy atom. The zero-order valence-electron chi connectivity index (χ0n) is 6.58. The van der Waals surface area contributed by atoms with Gasteiger partial charge in [0.1, 0.15) is 6.17 Å². The minimum Gasteiger partial charge on any atom is -0.242 e. The van der Waals surface area contributed by atoms with E-state index in [1.807, 2.05) is 6.07 Å². The second-order valence-corrected chi connectivity index (χ2v) is 2.48. The number of alkyl halides is 1. The van der Waals surface area contributed by atoms with Gasteiger partial charge in [-0.1, -0.05) is 36.4 Å². The third-order valence-corrected chi connectivity index (χ3v) is 1.59. The van der Waals surface area contributed by atoms with E-state index in [9.17, 15) is 8.78 Å². The number of halogens is 2. The highest BCUT2D eigenvalue weighted by molar-refractivity contribution is 5.17. The molecule has 0 N–H and O–H groups in total. The molecule has 1 rings (SSSR count). The van der Waals surface area contributed by atoms with E-state index in [2.05, 4.69) is 0 Å². The van der Waals surface area contributed by atoms with Crippen molar-refractivity contribution in [1.29, 1.82) is 0 Å². The van der Waals surface area contributed by atoms with Crippen LogP contribution in [0.15, 0.2) is 42.7 Å². The molecular formula is C10H10F2. The van der Waals surface area contributed by atoms with Crippen LogP contribution in [-0.4, -0.2) is 0 Å². The Morgan fingerprint density at radius 2 is 1.92 bits per heavy atom. The molecule has 1 aromatic carbocycles. The molecule has 0 saturated carbocycles. The fraction of sp³-hybridized carbons (Fsp3) is 0.200. The first kappa shape index (κ1) is 8.91. The Kier molecular flexibility index (Phi) is 3.45. The number of rotatable bonds is 3. The van der Waals surface area contributed by atoms with Crippen molar-refractivity contribution in [2.75, 3.05) is 0 Å². The van der Waals surface area contributed by atoms with Crippen LogP contribution in [0.3, 0.4) is 0 Å². The topological polar surface area (TPSA) is 0 Å². The highest BCUT2D eigenvalue weighted by Crippen LogP contribution is 2.20. The molecular weight excluding hydrogens is 158 g/mol. The Labute approximate surface area is 70.5 Å². The van der Waals surface area contributed by atoms with Crippen molar-refractivity contribution in [3.8, 4) is 0 Å². The fourth-order valence-corrected chi connectivity index (χ4v) is 0.969. The molecule has 64 valence electrons. The summed E-state index contributed by atoms with van der Waals surface area (Å²) in [5, 5.41) is 0. The fourth-order valence-electron chi connectivity index (χ4n) is 0.969. The minimum absolute atomic E-state index is 0.0977. The maximum Gasteiger partial charge on any atom is 0.129 e. The van der Waals surface area contributed by atoms with Crippen LogP contribution < -0.4 is 0 Å². The van der Waals surface area contributed by atoms with Gasteiger partial charge in [-0.3, -0.25) is 0 Å². The molecule has 12 heavy (non-hydrogen) atoms. The highest BCUT2D eigenvalue weighted by atomic mass is 19.1. The Morgan fingerprint density at radius 3 is 2.50 bits per heavy atom. The first-order valence-corrected chi connectivity index (χ1v) is 3.79. The molecule has 0 aromatic heterocycles. The van der Waals surface area contributed by atoms with Gasteiger partial charge in [0.2, 0.25) is 0 Å². The van der Waals surface area contributed by atoms with Crippen LogP contribution >= 0.6 is 0 Å². The SMILES string of the molecule is F/C=C/CC(F)c1ccccc1. The van der Waals surface area contributed by atoms with Crippen LogP contribution in [0.2, 0.25) is 0 Å². The third-order valence-electron chi connectivity index (χ3n) is 1.59. The smallest absolute Gasteiger partial charge is 0.129 e. The van der Waals surface area contributed by atoms with E-state index in [4.69, 9.17) is 0 Å². The van der Waals surface area contributed by atoms with E-state index in [0.717, 1.165) is 0 Å². The van der Waals surface area contributed by atoms with Crippen molar-refractivity contribution in [3.63, 3.8) is 0 Å². The summed E-state index contributed by atoms with van der Waals surface area (Å²) in [5.74, 6) is 0. The number of hydrogen-bond acceptors (Lipinski definition) is 0. The molecule has 0 radical (unpaired) electrons. The predicted molar refractivity (Wildman–Crippen MR) is 45.2 cm³/mol. The van der Waals surface area contributed by atoms with Crippen LogP contribution in [-0.2, 0) is 0 Å². The van der Waals surface area contributed by atoms with Gasteiger partial charge in [-0.05, 0) is 5.56 Å². The van der Waals surface area contributed by atoms with Crippen LogP contribution in [0.25, 0.3) is 0 Å². The molecule has 0 amide bonds. The van der Waals surface area contributed by atoms with Gasteiger partial charge in [-0.2, -0.15) is 0 Å². The molecule has 2 heteroatoms. The lowest BCUT2D eigenvalue weighted by Gasteiger charge is -2.03. The van der Waals surface area contributed by atoms with E-state index >= 15 is 0 Å². The number of allylic oxidation sites excluding steroid dienone is 1. The van der Waals surface area contributed by atoms with E-state index in [1.54, 1.807) is 24.3 Å². The third kappa shape index (κ3) is 2.46. The van der Waals surface area contributed by atoms with Gasteiger partial charge in [0.15, 0.2) is 0 Å². The predicted octanol–water partition coefficient (Wildman–Crippen LogP) is 3.57. The van der Waals surface area contributed by atoms with Crippen molar-refractivity contribution in [2.24, 2.45) is 0 Å². The van der Waals surface area contributed by atoms with E-state index in [0.29, 0.717) is 11.9 Å². The van der Waals surface area contributed by atoms with Crippen LogP contribution in [0.5, 0.6) is 0 Å². The molecule has 1 atom stereocenters. The quantitative estimate of drug-likeness (QED) is 0.647. The summed E-state index contributed by atoms with van der Waals surface area (Å²) >= 11 is 0. The number of benzene rings is 1. The lowest BCUT2D eigenvalue weighted by molar-refractivity contribution is 0.346. The van der Waals surface area contributed by atoms with E-state index in [-0.39, 0.29) is 6.42 Å². The first-order chi connectivity index (χ1) is 5.84. The van der Waals surface area contributed by atoms with Crippen LogP contribution in [0.1, 0.15) is 18.2 Å². The molecule has 1 unspecified atom stereocenters. The maximum atomic E-state index is 13.1. The van der Waals surface area contributed by atoms with Gasteiger partial charge in [-0.15, -0.1) is 0 Å². The van der Waals surface area contributed by atoms with E-state index < -0.39 is 6.17 Å². The molecule has 1 aromatic rings. The molecule has 0 aliphatic carbocycles.